The van der Waals surface area contributed by atoms with E-state index in [0.29, 0.717) is 38.1 Å². The largest absolute Gasteiger partial charge is 0.475 e. The monoisotopic (exact) mass is 348 g/mol. The highest BCUT2D eigenvalue weighted by Gasteiger charge is 2.26. The van der Waals surface area contributed by atoms with E-state index in [-0.39, 0.29) is 6.54 Å². The molecular formula is C15H23F3N4O2. The maximum atomic E-state index is 12.2. The number of hydrogen-bond donors (Lipinski definition) is 2. The molecule has 0 saturated heterocycles. The van der Waals surface area contributed by atoms with E-state index in [2.05, 4.69) is 20.6 Å². The van der Waals surface area contributed by atoms with Crippen molar-refractivity contribution in [2.45, 2.75) is 26.1 Å². The van der Waals surface area contributed by atoms with Crippen LogP contribution in [0.3, 0.4) is 0 Å². The lowest BCUT2D eigenvalue weighted by Crippen LogP contribution is -2.38. The Balaban J connectivity index is 2.49. The zero-order valence-electron chi connectivity index (χ0n) is 13.8. The molecule has 0 aromatic carbocycles. The zero-order valence-corrected chi connectivity index (χ0v) is 13.8. The molecule has 9 heteroatoms. The van der Waals surface area contributed by atoms with E-state index in [0.717, 1.165) is 5.56 Å². The molecule has 136 valence electrons. The minimum absolute atomic E-state index is 0.222. The standard InChI is InChI=1S/C15H23F3N4O2/c1-3-19-14(20-7-6-15(16,17)18)22-11-12-4-5-13(21-10-12)24-9-8-23-2/h4-5,10H,3,6-9,11H2,1-2H3,(H2,19,20,22). The Hall–Kier alpha value is -2.03. The van der Waals surface area contributed by atoms with Gasteiger partial charge in [-0.25, -0.2) is 9.98 Å². The lowest BCUT2D eigenvalue weighted by molar-refractivity contribution is -0.132. The molecule has 0 spiro atoms. The highest BCUT2D eigenvalue weighted by atomic mass is 19.4. The normalized spacial score (nSPS) is 12.1. The third kappa shape index (κ3) is 9.19. The van der Waals surface area contributed by atoms with Gasteiger partial charge < -0.3 is 20.1 Å². The van der Waals surface area contributed by atoms with E-state index in [1.807, 2.05) is 6.92 Å². The summed E-state index contributed by atoms with van der Waals surface area (Å²) in [5.41, 5.74) is 0.821. The Morgan fingerprint density at radius 1 is 1.25 bits per heavy atom. The Morgan fingerprint density at radius 2 is 2.04 bits per heavy atom. The fourth-order valence-corrected chi connectivity index (χ4v) is 1.65. The van der Waals surface area contributed by atoms with Gasteiger partial charge in [-0.3, -0.25) is 0 Å². The van der Waals surface area contributed by atoms with Crippen LogP contribution in [0.25, 0.3) is 0 Å². The molecule has 0 fully saturated rings. The number of nitrogens with zero attached hydrogens (tertiary/aromatic N) is 2. The summed E-state index contributed by atoms with van der Waals surface area (Å²) in [4.78, 5) is 8.37. The number of halogens is 3. The number of guanidine groups is 1. The van der Waals surface area contributed by atoms with Gasteiger partial charge in [0, 0.05) is 32.5 Å². The van der Waals surface area contributed by atoms with Crippen LogP contribution in [0.1, 0.15) is 18.9 Å². The van der Waals surface area contributed by atoms with Gasteiger partial charge in [-0.05, 0) is 12.5 Å². The highest BCUT2D eigenvalue weighted by Crippen LogP contribution is 2.18. The molecule has 6 nitrogen and oxygen atoms in total. The summed E-state index contributed by atoms with van der Waals surface area (Å²) in [5.74, 6) is 0.817. The average molecular weight is 348 g/mol. The quantitative estimate of drug-likeness (QED) is 0.406. The molecule has 1 heterocycles. The molecule has 0 aliphatic rings. The number of ether oxygens (including phenoxy) is 2. The van der Waals surface area contributed by atoms with Gasteiger partial charge in [-0.15, -0.1) is 0 Å². The molecule has 0 aliphatic heterocycles. The van der Waals surface area contributed by atoms with E-state index in [1.165, 1.54) is 0 Å². The van der Waals surface area contributed by atoms with Gasteiger partial charge >= 0.3 is 6.18 Å². The summed E-state index contributed by atoms with van der Waals surface area (Å²) in [7, 11) is 1.59. The summed E-state index contributed by atoms with van der Waals surface area (Å²) in [6.45, 7) is 3.36. The number of rotatable bonds is 9. The second-order valence-electron chi connectivity index (χ2n) is 4.83. The van der Waals surface area contributed by atoms with Crippen molar-refractivity contribution in [2.75, 3.05) is 33.4 Å². The average Bonchev–Trinajstić information content (AvgIpc) is 2.53. The van der Waals surface area contributed by atoms with Crippen molar-refractivity contribution in [3.05, 3.63) is 23.9 Å². The number of alkyl halides is 3. The van der Waals surface area contributed by atoms with Crippen LogP contribution in [0.15, 0.2) is 23.3 Å². The molecule has 1 aromatic heterocycles. The maximum absolute atomic E-state index is 12.2. The molecule has 0 atom stereocenters. The van der Waals surface area contributed by atoms with Crippen LogP contribution in [0.4, 0.5) is 13.2 Å². The number of aliphatic imine (C=N–C) groups is 1. The van der Waals surface area contributed by atoms with Gasteiger partial charge in [0.1, 0.15) is 6.61 Å². The van der Waals surface area contributed by atoms with Crippen LogP contribution in [-0.4, -0.2) is 50.5 Å². The summed E-state index contributed by atoms with van der Waals surface area (Å²) in [5, 5.41) is 5.55. The fraction of sp³-hybridized carbons (Fsp3) is 0.600. The smallest absolute Gasteiger partial charge is 0.390 e. The van der Waals surface area contributed by atoms with Gasteiger partial charge in [0.05, 0.1) is 19.6 Å². The van der Waals surface area contributed by atoms with Crippen molar-refractivity contribution in [1.82, 2.24) is 15.6 Å². The van der Waals surface area contributed by atoms with Crippen LogP contribution in [0.5, 0.6) is 5.88 Å². The third-order valence-electron chi connectivity index (χ3n) is 2.80. The maximum Gasteiger partial charge on any atom is 0.390 e. The van der Waals surface area contributed by atoms with Gasteiger partial charge in [0.15, 0.2) is 5.96 Å². The van der Waals surface area contributed by atoms with Crippen molar-refractivity contribution < 1.29 is 22.6 Å². The van der Waals surface area contributed by atoms with Crippen LogP contribution in [0, 0.1) is 0 Å². The van der Waals surface area contributed by atoms with Gasteiger partial charge in [0.2, 0.25) is 5.88 Å². The molecule has 0 radical (unpaired) electrons. The molecule has 2 N–H and O–H groups in total. The number of pyridine rings is 1. The number of nitrogens with one attached hydrogen (secondary N) is 2. The molecule has 0 bridgehead atoms. The molecule has 1 rings (SSSR count). The molecule has 1 aromatic rings. The van der Waals surface area contributed by atoms with Gasteiger partial charge in [-0.1, -0.05) is 6.07 Å². The molecule has 0 amide bonds. The number of hydrogen-bond acceptors (Lipinski definition) is 4. The minimum atomic E-state index is -4.19. The molecule has 0 aliphatic carbocycles. The van der Waals surface area contributed by atoms with E-state index in [9.17, 15) is 13.2 Å². The molecule has 0 unspecified atom stereocenters. The van der Waals surface area contributed by atoms with Crippen molar-refractivity contribution in [3.63, 3.8) is 0 Å². The van der Waals surface area contributed by atoms with Crippen LogP contribution in [-0.2, 0) is 11.3 Å². The van der Waals surface area contributed by atoms with Crippen LogP contribution in [0.2, 0.25) is 0 Å². The SMILES string of the molecule is CCNC(=NCc1ccc(OCCOC)nc1)NCCC(F)(F)F. The summed E-state index contributed by atoms with van der Waals surface area (Å²) >= 11 is 0. The van der Waals surface area contributed by atoms with Crippen molar-refractivity contribution >= 4 is 5.96 Å². The summed E-state index contributed by atoms with van der Waals surface area (Å²) < 4.78 is 46.7. The van der Waals surface area contributed by atoms with Crippen LogP contribution >= 0.6 is 0 Å². The zero-order chi connectivity index (χ0) is 17.8. The first-order valence-corrected chi connectivity index (χ1v) is 7.60. The van der Waals surface area contributed by atoms with Crippen molar-refractivity contribution in [2.24, 2.45) is 4.99 Å². The second-order valence-corrected chi connectivity index (χ2v) is 4.83. The first kappa shape index (κ1) is 20.0. The molecule has 24 heavy (non-hydrogen) atoms. The summed E-state index contributed by atoms with van der Waals surface area (Å²) in [6.07, 6.45) is -3.48. The fourth-order valence-electron chi connectivity index (χ4n) is 1.65. The van der Waals surface area contributed by atoms with Crippen molar-refractivity contribution in [3.8, 4) is 5.88 Å². The van der Waals surface area contributed by atoms with E-state index < -0.39 is 12.6 Å². The Labute approximate surface area is 139 Å². The number of methoxy groups -OCH3 is 1. The predicted octanol–water partition coefficient (Wildman–Crippen LogP) is 2.11. The number of aromatic nitrogens is 1. The predicted molar refractivity (Wildman–Crippen MR) is 85.1 cm³/mol. The molecule has 0 saturated carbocycles. The lowest BCUT2D eigenvalue weighted by atomic mass is 10.3. The second kappa shape index (κ2) is 10.7. The van der Waals surface area contributed by atoms with Gasteiger partial charge in [-0.2, -0.15) is 13.2 Å². The first-order chi connectivity index (χ1) is 11.4. The first-order valence-electron chi connectivity index (χ1n) is 7.60. The Morgan fingerprint density at radius 3 is 2.62 bits per heavy atom. The van der Waals surface area contributed by atoms with Crippen molar-refractivity contribution in [1.29, 1.82) is 0 Å². The van der Waals surface area contributed by atoms with Gasteiger partial charge in [0.25, 0.3) is 0 Å². The minimum Gasteiger partial charge on any atom is -0.475 e. The topological polar surface area (TPSA) is 67.8 Å². The van der Waals surface area contributed by atoms with E-state index >= 15 is 0 Å². The van der Waals surface area contributed by atoms with Crippen LogP contribution < -0.4 is 15.4 Å². The molecular weight excluding hydrogens is 325 g/mol. The lowest BCUT2D eigenvalue weighted by Gasteiger charge is -2.12. The third-order valence-corrected chi connectivity index (χ3v) is 2.80. The Kier molecular flexibility index (Phi) is 8.92. The summed E-state index contributed by atoms with van der Waals surface area (Å²) in [6, 6.07) is 3.52. The van der Waals surface area contributed by atoms with E-state index in [4.69, 9.17) is 9.47 Å². The van der Waals surface area contributed by atoms with E-state index in [1.54, 1.807) is 25.4 Å². The Bertz CT molecular complexity index is 492. The highest BCUT2D eigenvalue weighted by molar-refractivity contribution is 5.79.